The summed E-state index contributed by atoms with van der Waals surface area (Å²) in [5.41, 5.74) is 2.03. The molecule has 0 bridgehead atoms. The zero-order chi connectivity index (χ0) is 10.1. The molecule has 1 N–H and O–H groups in total. The molecule has 0 spiro atoms. The summed E-state index contributed by atoms with van der Waals surface area (Å²) in [5, 5.41) is 9.71. The van der Waals surface area contributed by atoms with Crippen molar-refractivity contribution < 1.29 is 9.90 Å². The first-order valence-corrected chi connectivity index (χ1v) is 5.07. The van der Waals surface area contributed by atoms with E-state index in [1.165, 1.54) is 0 Å². The summed E-state index contributed by atoms with van der Waals surface area (Å²) in [6, 6.07) is 5.49. The maximum Gasteiger partial charge on any atom is 0.310 e. The van der Waals surface area contributed by atoms with Crippen LogP contribution in [0.4, 0.5) is 0 Å². The van der Waals surface area contributed by atoms with E-state index in [0.29, 0.717) is 5.02 Å². The Bertz CT molecular complexity index is 374. The van der Waals surface area contributed by atoms with Gasteiger partial charge in [0, 0.05) is 5.02 Å². The van der Waals surface area contributed by atoms with Crippen LogP contribution in [0.3, 0.4) is 0 Å². The minimum absolute atomic E-state index is 0.337. The van der Waals surface area contributed by atoms with E-state index in [1.807, 2.05) is 12.1 Å². The number of carbonyl (C=O) groups is 1. The van der Waals surface area contributed by atoms with E-state index in [1.54, 1.807) is 6.07 Å². The molecule has 2 rings (SSSR count). The highest BCUT2D eigenvalue weighted by molar-refractivity contribution is 6.30. The second-order valence-electron chi connectivity index (χ2n) is 3.63. The molecular weight excluding hydrogens is 200 g/mol. The smallest absolute Gasteiger partial charge is 0.310 e. The van der Waals surface area contributed by atoms with E-state index in [2.05, 4.69) is 0 Å². The van der Waals surface area contributed by atoms with Gasteiger partial charge in [-0.05, 0) is 42.5 Å². The fraction of sp³-hybridized carbons (Fsp3) is 0.364. The number of benzene rings is 1. The van der Waals surface area contributed by atoms with Gasteiger partial charge in [-0.1, -0.05) is 17.7 Å². The lowest BCUT2D eigenvalue weighted by molar-refractivity contribution is -0.139. The molecule has 3 heteroatoms. The van der Waals surface area contributed by atoms with Crippen LogP contribution in [0.25, 0.3) is 0 Å². The molecule has 0 radical (unpaired) electrons. The van der Waals surface area contributed by atoms with Crippen molar-refractivity contribution in [3.63, 3.8) is 0 Å². The van der Waals surface area contributed by atoms with Crippen LogP contribution in [-0.4, -0.2) is 11.1 Å². The zero-order valence-corrected chi connectivity index (χ0v) is 8.42. The molecule has 0 aliphatic heterocycles. The fourth-order valence-electron chi connectivity index (χ4n) is 2.04. The molecule has 2 nitrogen and oxygen atoms in total. The van der Waals surface area contributed by atoms with Crippen LogP contribution >= 0.6 is 11.6 Å². The molecule has 0 heterocycles. The molecule has 1 unspecified atom stereocenters. The second-order valence-corrected chi connectivity index (χ2v) is 4.06. The van der Waals surface area contributed by atoms with Gasteiger partial charge in [-0.25, -0.2) is 0 Å². The molecule has 0 amide bonds. The highest BCUT2D eigenvalue weighted by atomic mass is 35.5. The maximum atomic E-state index is 11.0. The van der Waals surface area contributed by atoms with E-state index >= 15 is 0 Å². The van der Waals surface area contributed by atoms with Crippen molar-refractivity contribution in [1.82, 2.24) is 0 Å². The molecule has 0 saturated heterocycles. The van der Waals surface area contributed by atoms with E-state index in [-0.39, 0.29) is 5.92 Å². The summed E-state index contributed by atoms with van der Waals surface area (Å²) in [6.07, 6.45) is 2.62. The molecule has 1 aliphatic carbocycles. The minimum atomic E-state index is -0.728. The van der Waals surface area contributed by atoms with Gasteiger partial charge in [0.25, 0.3) is 0 Å². The van der Waals surface area contributed by atoms with Crippen molar-refractivity contribution in [1.29, 1.82) is 0 Å². The average Bonchev–Trinajstić information content (AvgIpc) is 2.16. The van der Waals surface area contributed by atoms with Gasteiger partial charge in [0.1, 0.15) is 0 Å². The van der Waals surface area contributed by atoms with E-state index in [4.69, 9.17) is 16.7 Å². The van der Waals surface area contributed by atoms with Crippen LogP contribution < -0.4 is 0 Å². The lowest BCUT2D eigenvalue weighted by atomic mass is 9.83. The van der Waals surface area contributed by atoms with Gasteiger partial charge in [-0.3, -0.25) is 4.79 Å². The number of aryl methyl sites for hydroxylation is 1. The Morgan fingerprint density at radius 1 is 1.50 bits per heavy atom. The number of hydrogen-bond donors (Lipinski definition) is 1. The molecule has 0 aromatic heterocycles. The molecule has 1 aliphatic rings. The van der Waals surface area contributed by atoms with Crippen molar-refractivity contribution in [3.05, 3.63) is 34.3 Å². The van der Waals surface area contributed by atoms with Crippen molar-refractivity contribution >= 4 is 17.6 Å². The number of hydrogen-bond acceptors (Lipinski definition) is 1. The lowest BCUT2D eigenvalue weighted by Gasteiger charge is -2.22. The van der Waals surface area contributed by atoms with Crippen molar-refractivity contribution in [2.24, 2.45) is 0 Å². The molecule has 1 atom stereocenters. The third-order valence-corrected chi connectivity index (χ3v) is 2.95. The Balaban J connectivity index is 2.44. The summed E-state index contributed by atoms with van der Waals surface area (Å²) in [4.78, 5) is 11.0. The van der Waals surface area contributed by atoms with Gasteiger partial charge >= 0.3 is 5.97 Å². The summed E-state index contributed by atoms with van der Waals surface area (Å²) < 4.78 is 0. The SMILES string of the molecule is O=C(O)C1CCCc2cc(Cl)ccc21. The van der Waals surface area contributed by atoms with Crippen LogP contribution in [0, 0.1) is 0 Å². The van der Waals surface area contributed by atoms with Crippen LogP contribution in [-0.2, 0) is 11.2 Å². The number of fused-ring (bicyclic) bond motifs is 1. The van der Waals surface area contributed by atoms with Gasteiger partial charge in [0.2, 0.25) is 0 Å². The van der Waals surface area contributed by atoms with Crippen LogP contribution in [0.1, 0.15) is 29.9 Å². The summed E-state index contributed by atoms with van der Waals surface area (Å²) in [7, 11) is 0. The van der Waals surface area contributed by atoms with E-state index in [0.717, 1.165) is 30.4 Å². The molecule has 0 saturated carbocycles. The molecule has 1 aromatic rings. The van der Waals surface area contributed by atoms with Gasteiger partial charge in [0.15, 0.2) is 0 Å². The normalized spacial score (nSPS) is 20.2. The van der Waals surface area contributed by atoms with Crippen LogP contribution in [0.5, 0.6) is 0 Å². The lowest BCUT2D eigenvalue weighted by Crippen LogP contribution is -2.17. The number of rotatable bonds is 1. The predicted octanol–water partition coefficient (Wildman–Crippen LogP) is 2.84. The average molecular weight is 211 g/mol. The number of carboxylic acids is 1. The minimum Gasteiger partial charge on any atom is -0.481 e. The van der Waals surface area contributed by atoms with Gasteiger partial charge in [-0.15, -0.1) is 0 Å². The first-order chi connectivity index (χ1) is 6.68. The summed E-state index contributed by atoms with van der Waals surface area (Å²) >= 11 is 5.86. The third kappa shape index (κ3) is 1.62. The molecule has 14 heavy (non-hydrogen) atoms. The molecule has 0 fully saturated rings. The zero-order valence-electron chi connectivity index (χ0n) is 7.66. The number of halogens is 1. The highest BCUT2D eigenvalue weighted by Crippen LogP contribution is 2.33. The van der Waals surface area contributed by atoms with Crippen molar-refractivity contribution in [2.75, 3.05) is 0 Å². The monoisotopic (exact) mass is 210 g/mol. The topological polar surface area (TPSA) is 37.3 Å². The van der Waals surface area contributed by atoms with E-state index in [9.17, 15) is 4.79 Å². The number of aliphatic carboxylic acids is 1. The van der Waals surface area contributed by atoms with Gasteiger partial charge in [-0.2, -0.15) is 0 Å². The first-order valence-electron chi connectivity index (χ1n) is 4.69. The summed E-state index contributed by atoms with van der Waals surface area (Å²) in [6.45, 7) is 0. The Morgan fingerprint density at radius 2 is 2.29 bits per heavy atom. The molecular formula is C11H11ClO2. The Hall–Kier alpha value is -1.02. The second kappa shape index (κ2) is 3.62. The Morgan fingerprint density at radius 3 is 3.00 bits per heavy atom. The standard InChI is InChI=1S/C11H11ClO2/c12-8-4-5-9-7(6-8)2-1-3-10(9)11(13)14/h4-6,10H,1-3H2,(H,13,14). The largest absolute Gasteiger partial charge is 0.481 e. The fourth-order valence-corrected chi connectivity index (χ4v) is 2.23. The Labute approximate surface area is 87.5 Å². The van der Waals surface area contributed by atoms with Crippen LogP contribution in [0.2, 0.25) is 5.02 Å². The number of carboxylic acid groups (broad SMARTS) is 1. The highest BCUT2D eigenvalue weighted by Gasteiger charge is 2.25. The molecule has 1 aromatic carbocycles. The first kappa shape index (κ1) is 9.53. The van der Waals surface area contributed by atoms with Gasteiger partial charge < -0.3 is 5.11 Å². The predicted molar refractivity (Wildman–Crippen MR) is 54.8 cm³/mol. The Kier molecular flexibility index (Phi) is 2.46. The van der Waals surface area contributed by atoms with Crippen LogP contribution in [0.15, 0.2) is 18.2 Å². The summed E-state index contributed by atoms with van der Waals surface area (Å²) in [5.74, 6) is -1.07. The van der Waals surface area contributed by atoms with Gasteiger partial charge in [0.05, 0.1) is 5.92 Å². The quantitative estimate of drug-likeness (QED) is 0.774. The maximum absolute atomic E-state index is 11.0. The van der Waals surface area contributed by atoms with Crippen molar-refractivity contribution in [2.45, 2.75) is 25.2 Å². The van der Waals surface area contributed by atoms with E-state index < -0.39 is 5.97 Å². The van der Waals surface area contributed by atoms with Crippen molar-refractivity contribution in [3.8, 4) is 0 Å². The third-order valence-electron chi connectivity index (χ3n) is 2.72. The molecule has 74 valence electrons.